The summed E-state index contributed by atoms with van der Waals surface area (Å²) in [7, 11) is 0. The van der Waals surface area contributed by atoms with Crippen LogP contribution in [0, 0.1) is 5.82 Å². The number of alkyl halides is 3. The molecule has 3 rings (SSSR count). The first-order valence-corrected chi connectivity index (χ1v) is 7.31. The first-order chi connectivity index (χ1) is 11.0. The monoisotopic (exact) mass is 364 g/mol. The zero-order chi connectivity index (χ0) is 16.4. The second-order valence-electron chi connectivity index (χ2n) is 5.43. The lowest BCUT2D eigenvalue weighted by Gasteiger charge is -2.35. The quantitative estimate of drug-likeness (QED) is 0.838. The lowest BCUT2D eigenvalue weighted by molar-refractivity contribution is -0.138. The Hall–Kier alpha value is -1.57. The second-order valence-corrected chi connectivity index (χ2v) is 5.43. The van der Waals surface area contributed by atoms with E-state index >= 15 is 0 Å². The fourth-order valence-corrected chi connectivity index (χ4v) is 2.93. The maximum atomic E-state index is 13.4. The van der Waals surface area contributed by atoms with Crippen LogP contribution in [0.3, 0.4) is 0 Å². The molecule has 0 unspecified atom stereocenters. The molecule has 0 spiro atoms. The van der Waals surface area contributed by atoms with Crippen molar-refractivity contribution in [1.82, 2.24) is 10.2 Å². The fourth-order valence-electron chi connectivity index (χ4n) is 2.93. The van der Waals surface area contributed by atoms with E-state index in [-0.39, 0.29) is 18.0 Å². The van der Waals surface area contributed by atoms with Crippen molar-refractivity contribution >= 4 is 12.4 Å². The summed E-state index contributed by atoms with van der Waals surface area (Å²) in [6, 6.07) is 5.41. The van der Waals surface area contributed by atoms with Crippen molar-refractivity contribution in [3.05, 3.63) is 59.3 Å². The Labute approximate surface area is 143 Å². The lowest BCUT2D eigenvalue weighted by atomic mass is 9.96. The van der Waals surface area contributed by atoms with Gasteiger partial charge in [0.15, 0.2) is 0 Å². The first kappa shape index (κ1) is 18.8. The van der Waals surface area contributed by atoms with Gasteiger partial charge in [0.1, 0.15) is 11.6 Å². The zero-order valence-electron chi connectivity index (χ0n) is 12.6. The van der Waals surface area contributed by atoms with Gasteiger partial charge in [-0.2, -0.15) is 13.2 Å². The molecule has 1 fully saturated rings. The molecule has 1 atom stereocenters. The van der Waals surface area contributed by atoms with Gasteiger partial charge in [0.05, 0.1) is 17.9 Å². The number of rotatable bonds is 3. The summed E-state index contributed by atoms with van der Waals surface area (Å²) < 4.78 is 58.9. The molecule has 1 aliphatic heterocycles. The van der Waals surface area contributed by atoms with Gasteiger partial charge in [-0.3, -0.25) is 4.90 Å². The molecule has 3 nitrogen and oxygen atoms in total. The van der Waals surface area contributed by atoms with Gasteiger partial charge in [-0.05, 0) is 29.8 Å². The molecule has 1 aromatic carbocycles. The average molecular weight is 365 g/mol. The van der Waals surface area contributed by atoms with E-state index in [9.17, 15) is 17.6 Å². The molecule has 8 heteroatoms. The van der Waals surface area contributed by atoms with E-state index in [1.165, 1.54) is 12.3 Å². The number of piperazine rings is 1. The Morgan fingerprint density at radius 1 is 1.12 bits per heavy atom. The Morgan fingerprint density at radius 3 is 2.42 bits per heavy atom. The Balaban J connectivity index is 0.00000208. The summed E-state index contributed by atoms with van der Waals surface area (Å²) in [4.78, 5) is 1.91. The van der Waals surface area contributed by atoms with Gasteiger partial charge in [-0.25, -0.2) is 4.39 Å². The number of halogens is 5. The molecule has 1 saturated heterocycles. The van der Waals surface area contributed by atoms with Crippen molar-refractivity contribution in [1.29, 1.82) is 0 Å². The molecule has 0 radical (unpaired) electrons. The molecule has 0 saturated carbocycles. The van der Waals surface area contributed by atoms with E-state index in [1.54, 1.807) is 12.1 Å². The van der Waals surface area contributed by atoms with Gasteiger partial charge in [0.25, 0.3) is 0 Å². The minimum Gasteiger partial charge on any atom is -0.467 e. The molecule has 0 aliphatic carbocycles. The van der Waals surface area contributed by atoms with E-state index in [0.717, 1.165) is 6.07 Å². The van der Waals surface area contributed by atoms with Crippen molar-refractivity contribution in [2.45, 2.75) is 12.2 Å². The summed E-state index contributed by atoms with van der Waals surface area (Å²) in [5.41, 5.74) is -0.951. The number of hydrogen-bond donors (Lipinski definition) is 1. The summed E-state index contributed by atoms with van der Waals surface area (Å²) in [5, 5.41) is 3.17. The van der Waals surface area contributed by atoms with E-state index in [1.807, 2.05) is 4.90 Å². The highest BCUT2D eigenvalue weighted by molar-refractivity contribution is 5.85. The van der Waals surface area contributed by atoms with E-state index in [0.29, 0.717) is 38.0 Å². The van der Waals surface area contributed by atoms with Crippen LogP contribution in [0.1, 0.15) is 22.9 Å². The third-order valence-electron chi connectivity index (χ3n) is 3.94. The predicted molar refractivity (Wildman–Crippen MR) is 83.6 cm³/mol. The Morgan fingerprint density at radius 2 is 1.83 bits per heavy atom. The zero-order valence-corrected chi connectivity index (χ0v) is 13.5. The van der Waals surface area contributed by atoms with Gasteiger partial charge in [-0.15, -0.1) is 12.4 Å². The van der Waals surface area contributed by atoms with Crippen LogP contribution in [0.2, 0.25) is 0 Å². The van der Waals surface area contributed by atoms with Crippen LogP contribution in [-0.2, 0) is 6.18 Å². The summed E-state index contributed by atoms with van der Waals surface area (Å²) >= 11 is 0. The maximum Gasteiger partial charge on any atom is 0.416 e. The number of furan rings is 1. The molecular weight excluding hydrogens is 348 g/mol. The molecule has 2 heterocycles. The predicted octanol–water partition coefficient (Wildman–Crippen LogP) is 3.85. The number of nitrogens with one attached hydrogen (secondary N) is 1. The van der Waals surface area contributed by atoms with Gasteiger partial charge in [0, 0.05) is 26.2 Å². The second kappa shape index (κ2) is 7.55. The molecule has 0 bridgehead atoms. The third kappa shape index (κ3) is 3.91. The van der Waals surface area contributed by atoms with Crippen LogP contribution in [-0.4, -0.2) is 31.1 Å². The average Bonchev–Trinajstić information content (AvgIpc) is 3.03. The van der Waals surface area contributed by atoms with E-state index < -0.39 is 23.6 Å². The minimum absolute atomic E-state index is 0. The van der Waals surface area contributed by atoms with Crippen molar-refractivity contribution in [2.24, 2.45) is 0 Å². The van der Waals surface area contributed by atoms with Crippen molar-refractivity contribution in [2.75, 3.05) is 26.2 Å². The third-order valence-corrected chi connectivity index (χ3v) is 3.94. The van der Waals surface area contributed by atoms with Gasteiger partial charge in [0.2, 0.25) is 0 Å². The highest BCUT2D eigenvalue weighted by Crippen LogP contribution is 2.39. The summed E-state index contributed by atoms with van der Waals surface area (Å²) in [6.45, 7) is 2.53. The Kier molecular flexibility index (Phi) is 5.90. The standard InChI is InChI=1S/C16H16F4N2O.ClH/c17-11-3-4-12(13(10-11)16(18,19)20)15(14-2-1-9-23-14)22-7-5-21-6-8-22;/h1-4,9-10,15,21H,5-8H2;1H/t15-;/m0./s1. The van der Waals surface area contributed by atoms with Crippen LogP contribution >= 0.6 is 12.4 Å². The highest BCUT2D eigenvalue weighted by atomic mass is 35.5. The molecule has 1 N–H and O–H groups in total. The molecular formula is C16H17ClF4N2O. The number of benzene rings is 1. The highest BCUT2D eigenvalue weighted by Gasteiger charge is 2.38. The van der Waals surface area contributed by atoms with E-state index in [4.69, 9.17) is 4.42 Å². The molecule has 2 aromatic rings. The molecule has 0 amide bonds. The van der Waals surface area contributed by atoms with Gasteiger partial charge >= 0.3 is 6.18 Å². The van der Waals surface area contributed by atoms with E-state index in [2.05, 4.69) is 5.32 Å². The number of hydrogen-bond acceptors (Lipinski definition) is 3. The topological polar surface area (TPSA) is 28.4 Å². The van der Waals surface area contributed by atoms with Gasteiger partial charge in [-0.1, -0.05) is 6.07 Å². The normalized spacial score (nSPS) is 17.3. The van der Waals surface area contributed by atoms with Crippen molar-refractivity contribution < 1.29 is 22.0 Å². The molecule has 1 aliphatic rings. The minimum atomic E-state index is -4.63. The number of nitrogens with zero attached hydrogens (tertiary/aromatic N) is 1. The Bertz CT molecular complexity index is 655. The van der Waals surface area contributed by atoms with Crippen LogP contribution in [0.4, 0.5) is 17.6 Å². The smallest absolute Gasteiger partial charge is 0.416 e. The summed E-state index contributed by atoms with van der Waals surface area (Å²) in [6.07, 6.45) is -3.20. The maximum absolute atomic E-state index is 13.4. The largest absolute Gasteiger partial charge is 0.467 e. The van der Waals surface area contributed by atoms with Crippen molar-refractivity contribution in [3.63, 3.8) is 0 Å². The molecule has 1 aromatic heterocycles. The van der Waals surface area contributed by atoms with Crippen LogP contribution in [0.25, 0.3) is 0 Å². The first-order valence-electron chi connectivity index (χ1n) is 7.31. The molecule has 132 valence electrons. The SMILES string of the molecule is Cl.Fc1ccc([C@@H](c2ccco2)N2CCNCC2)c(C(F)(F)F)c1. The van der Waals surface area contributed by atoms with Gasteiger partial charge < -0.3 is 9.73 Å². The summed E-state index contributed by atoms with van der Waals surface area (Å²) in [5.74, 6) is -0.483. The van der Waals surface area contributed by atoms with Crippen LogP contribution in [0.5, 0.6) is 0 Å². The lowest BCUT2D eigenvalue weighted by Crippen LogP contribution is -2.45. The molecule has 24 heavy (non-hydrogen) atoms. The van der Waals surface area contributed by atoms with Crippen LogP contribution in [0.15, 0.2) is 41.0 Å². The van der Waals surface area contributed by atoms with Crippen LogP contribution < -0.4 is 5.32 Å². The van der Waals surface area contributed by atoms with Crippen molar-refractivity contribution in [3.8, 4) is 0 Å². The fraction of sp³-hybridized carbons (Fsp3) is 0.375.